The summed E-state index contributed by atoms with van der Waals surface area (Å²) in [5, 5.41) is 14.5. The Kier molecular flexibility index (Phi) is 9.97. The SMILES string of the molecule is C[n+]1ccc(C#N)cc1.c1ccc(C([N-]C(c2ccccc2)(c2ccccc2)c2ccccc2)(c2ccccc2)c2ccccc2)cc1. The Bertz CT molecular complexity index is 1700. The number of nitrogens with zero attached hydrogens (tertiary/aromatic N) is 3. The summed E-state index contributed by atoms with van der Waals surface area (Å²) in [5.41, 5.74) is 5.82. The van der Waals surface area contributed by atoms with Crippen LogP contribution in [-0.2, 0) is 18.1 Å². The number of rotatable bonds is 8. The highest BCUT2D eigenvalue weighted by molar-refractivity contribution is 5.64. The average molecular weight is 620 g/mol. The van der Waals surface area contributed by atoms with Crippen molar-refractivity contribution in [2.24, 2.45) is 7.05 Å². The third kappa shape index (κ3) is 6.57. The third-order valence-corrected chi connectivity index (χ3v) is 8.59. The highest BCUT2D eigenvalue weighted by atomic mass is 15.1. The van der Waals surface area contributed by atoms with Gasteiger partial charge in [-0.15, -0.1) is 0 Å². The zero-order valence-corrected chi connectivity index (χ0v) is 27.0. The largest absolute Gasteiger partial charge is 0.628 e. The molecule has 0 aliphatic rings. The molecular formula is C45H37N3. The van der Waals surface area contributed by atoms with Crippen molar-refractivity contribution >= 4 is 0 Å². The molecule has 0 saturated heterocycles. The van der Waals surface area contributed by atoms with Gasteiger partial charge in [-0.05, 0) is 11.1 Å². The van der Waals surface area contributed by atoms with Gasteiger partial charge in [0.2, 0.25) is 0 Å². The van der Waals surface area contributed by atoms with Crippen LogP contribution in [0.2, 0.25) is 0 Å². The number of hydrogen-bond acceptors (Lipinski definition) is 1. The highest BCUT2D eigenvalue weighted by Gasteiger charge is 2.36. The van der Waals surface area contributed by atoms with E-state index in [2.05, 4.69) is 182 Å². The van der Waals surface area contributed by atoms with Crippen LogP contribution in [0.3, 0.4) is 0 Å². The van der Waals surface area contributed by atoms with Crippen LogP contribution >= 0.6 is 0 Å². The predicted octanol–water partition coefficient (Wildman–Crippen LogP) is 9.73. The second kappa shape index (κ2) is 15.0. The fourth-order valence-electron chi connectivity index (χ4n) is 6.29. The molecule has 48 heavy (non-hydrogen) atoms. The van der Waals surface area contributed by atoms with Crippen molar-refractivity contribution in [1.82, 2.24) is 0 Å². The molecule has 0 N–H and O–H groups in total. The van der Waals surface area contributed by atoms with E-state index in [4.69, 9.17) is 10.6 Å². The van der Waals surface area contributed by atoms with E-state index in [1.54, 1.807) is 12.1 Å². The summed E-state index contributed by atoms with van der Waals surface area (Å²) in [5.74, 6) is 0. The van der Waals surface area contributed by atoms with Crippen LogP contribution in [0.4, 0.5) is 0 Å². The average Bonchev–Trinajstić information content (AvgIpc) is 3.18. The zero-order valence-electron chi connectivity index (χ0n) is 27.0. The Balaban J connectivity index is 0.000000388. The molecule has 7 aromatic rings. The summed E-state index contributed by atoms with van der Waals surface area (Å²) < 4.78 is 1.89. The number of pyridine rings is 1. The first-order valence-electron chi connectivity index (χ1n) is 16.1. The quantitative estimate of drug-likeness (QED) is 0.123. The topological polar surface area (TPSA) is 41.8 Å². The fourth-order valence-corrected chi connectivity index (χ4v) is 6.29. The van der Waals surface area contributed by atoms with Gasteiger partial charge in [-0.25, -0.2) is 4.57 Å². The van der Waals surface area contributed by atoms with Gasteiger partial charge in [0.1, 0.15) is 7.05 Å². The first-order valence-corrected chi connectivity index (χ1v) is 16.1. The van der Waals surface area contributed by atoms with Crippen LogP contribution in [0, 0.1) is 11.3 Å². The number of hydrogen-bond donors (Lipinski definition) is 0. The van der Waals surface area contributed by atoms with E-state index in [0.29, 0.717) is 5.56 Å². The second-order valence-corrected chi connectivity index (χ2v) is 11.6. The predicted molar refractivity (Wildman–Crippen MR) is 194 cm³/mol. The maximum Gasteiger partial charge on any atom is 0.169 e. The molecule has 0 aliphatic carbocycles. The lowest BCUT2D eigenvalue weighted by atomic mass is 9.70. The van der Waals surface area contributed by atoms with E-state index >= 15 is 0 Å². The number of aryl methyl sites for hydroxylation is 1. The van der Waals surface area contributed by atoms with Gasteiger partial charge in [-0.2, -0.15) is 5.26 Å². The monoisotopic (exact) mass is 619 g/mol. The Hall–Kier alpha value is -6.08. The van der Waals surface area contributed by atoms with Crippen LogP contribution in [0.25, 0.3) is 5.32 Å². The van der Waals surface area contributed by atoms with Gasteiger partial charge >= 0.3 is 0 Å². The molecule has 0 unspecified atom stereocenters. The molecule has 0 spiro atoms. The molecule has 1 aromatic heterocycles. The molecule has 232 valence electrons. The van der Waals surface area contributed by atoms with E-state index in [9.17, 15) is 0 Å². The van der Waals surface area contributed by atoms with Crippen molar-refractivity contribution < 1.29 is 4.57 Å². The van der Waals surface area contributed by atoms with Crippen LogP contribution in [0.5, 0.6) is 0 Å². The van der Waals surface area contributed by atoms with E-state index in [1.807, 2.05) is 30.1 Å². The lowest BCUT2D eigenvalue weighted by Gasteiger charge is -2.60. The molecule has 7 rings (SSSR count). The van der Waals surface area contributed by atoms with Crippen molar-refractivity contribution in [3.63, 3.8) is 0 Å². The summed E-state index contributed by atoms with van der Waals surface area (Å²) in [6.07, 6.45) is 3.69. The summed E-state index contributed by atoms with van der Waals surface area (Å²) in [4.78, 5) is 0. The van der Waals surface area contributed by atoms with Crippen molar-refractivity contribution in [3.8, 4) is 6.07 Å². The summed E-state index contributed by atoms with van der Waals surface area (Å²) >= 11 is 0. The minimum Gasteiger partial charge on any atom is -0.628 e. The number of aromatic nitrogens is 1. The molecule has 1 heterocycles. The van der Waals surface area contributed by atoms with Gasteiger partial charge in [0, 0.05) is 12.1 Å². The molecule has 0 aliphatic heterocycles. The zero-order chi connectivity index (χ0) is 33.1. The maximum absolute atomic E-state index is 8.37. The van der Waals surface area contributed by atoms with Gasteiger partial charge in [0.25, 0.3) is 0 Å². The second-order valence-electron chi connectivity index (χ2n) is 11.6. The maximum atomic E-state index is 8.37. The van der Waals surface area contributed by atoms with Gasteiger partial charge in [-0.1, -0.05) is 215 Å². The normalized spacial score (nSPS) is 11.1. The summed E-state index contributed by atoms with van der Waals surface area (Å²) in [7, 11) is 1.92. The molecule has 0 bridgehead atoms. The van der Waals surface area contributed by atoms with Crippen LogP contribution in [0.1, 0.15) is 38.9 Å². The first kappa shape index (κ1) is 31.9. The van der Waals surface area contributed by atoms with Gasteiger partial charge < -0.3 is 5.32 Å². The molecule has 0 fully saturated rings. The van der Waals surface area contributed by atoms with Crippen LogP contribution in [-0.4, -0.2) is 0 Å². The molecule has 3 nitrogen and oxygen atoms in total. The van der Waals surface area contributed by atoms with Gasteiger partial charge in [0.15, 0.2) is 12.4 Å². The van der Waals surface area contributed by atoms with Crippen molar-refractivity contribution in [2.75, 3.05) is 0 Å². The molecule has 3 heteroatoms. The van der Waals surface area contributed by atoms with E-state index < -0.39 is 11.1 Å². The molecule has 0 radical (unpaired) electrons. The Morgan fingerprint density at radius 3 is 0.833 bits per heavy atom. The van der Waals surface area contributed by atoms with E-state index in [0.717, 1.165) is 33.4 Å². The smallest absolute Gasteiger partial charge is 0.169 e. The molecule has 0 amide bonds. The number of benzene rings is 6. The van der Waals surface area contributed by atoms with Crippen LogP contribution < -0.4 is 4.57 Å². The van der Waals surface area contributed by atoms with Crippen molar-refractivity contribution in [1.29, 1.82) is 5.26 Å². The molecule has 0 saturated carbocycles. The lowest BCUT2D eigenvalue weighted by molar-refractivity contribution is -0.671. The van der Waals surface area contributed by atoms with E-state index in [-0.39, 0.29) is 0 Å². The molecule has 0 atom stereocenters. The third-order valence-electron chi connectivity index (χ3n) is 8.59. The molecule has 6 aromatic carbocycles. The fraction of sp³-hybridized carbons (Fsp3) is 0.0667. The molecular weight excluding hydrogens is 583 g/mol. The van der Waals surface area contributed by atoms with Crippen molar-refractivity contribution in [3.05, 3.63) is 251 Å². The number of nitriles is 1. The van der Waals surface area contributed by atoms with Crippen LogP contribution in [0.15, 0.2) is 207 Å². The van der Waals surface area contributed by atoms with Gasteiger partial charge in [0.05, 0.1) is 11.6 Å². The Morgan fingerprint density at radius 1 is 0.396 bits per heavy atom. The van der Waals surface area contributed by atoms with Gasteiger partial charge in [-0.3, -0.25) is 0 Å². The highest BCUT2D eigenvalue weighted by Crippen LogP contribution is 2.55. The Labute approximate surface area is 284 Å². The summed E-state index contributed by atoms with van der Waals surface area (Å²) in [6, 6.07) is 69.8. The minimum atomic E-state index is -0.800. The summed E-state index contributed by atoms with van der Waals surface area (Å²) in [6.45, 7) is 0. The van der Waals surface area contributed by atoms with Crippen molar-refractivity contribution in [2.45, 2.75) is 11.1 Å². The standard InChI is InChI=1S/C38H30N.C7H7N2/c1-7-19-31(20-8-1)37(32-21-9-2-10-22-32,33-23-11-3-12-24-33)39-38(34-25-13-4-14-26-34,35-27-15-5-16-28-35)36-29-17-6-18-30-36;1-9-4-2-7(6-8)3-5-9/h1-30H;2-5H,1H3/q-1;+1. The first-order chi connectivity index (χ1) is 23.7. The lowest BCUT2D eigenvalue weighted by Crippen LogP contribution is -2.39. The van der Waals surface area contributed by atoms with E-state index in [1.165, 1.54) is 0 Å². The Morgan fingerprint density at radius 2 is 0.625 bits per heavy atom. The minimum absolute atomic E-state index is 0.702.